The van der Waals surface area contributed by atoms with Crippen LogP contribution in [0, 0.1) is 5.92 Å². The van der Waals surface area contributed by atoms with E-state index in [1.807, 2.05) is 12.1 Å². The van der Waals surface area contributed by atoms with Gasteiger partial charge in [0.25, 0.3) is 0 Å². The largest absolute Gasteiger partial charge is 0.497 e. The molecule has 1 amide bonds. The third-order valence-corrected chi connectivity index (χ3v) is 5.62. The van der Waals surface area contributed by atoms with Crippen molar-refractivity contribution in [1.29, 1.82) is 0 Å². The molecule has 0 bridgehead atoms. The molecule has 5 nitrogen and oxygen atoms in total. The molecule has 2 atom stereocenters. The van der Waals surface area contributed by atoms with Crippen LogP contribution in [0.3, 0.4) is 0 Å². The van der Waals surface area contributed by atoms with Gasteiger partial charge < -0.3 is 15.4 Å². The fourth-order valence-electron chi connectivity index (χ4n) is 4.20. The van der Waals surface area contributed by atoms with Crippen molar-refractivity contribution >= 4 is 36.8 Å². The molecule has 28 heavy (non-hydrogen) atoms. The normalized spacial score (nSPS) is 22.4. The summed E-state index contributed by atoms with van der Waals surface area (Å²) in [7, 11) is 1.68. The van der Waals surface area contributed by atoms with Gasteiger partial charge in [0.2, 0.25) is 5.91 Å². The minimum Gasteiger partial charge on any atom is -0.497 e. The van der Waals surface area contributed by atoms with Gasteiger partial charge in [0.15, 0.2) is 0 Å². The first-order valence-corrected chi connectivity index (χ1v) is 9.73. The molecular weight excluding hydrogens is 397 g/mol. The third-order valence-electron chi connectivity index (χ3n) is 5.62. The molecule has 0 saturated carbocycles. The molecule has 7 heteroatoms. The van der Waals surface area contributed by atoms with E-state index >= 15 is 0 Å². The van der Waals surface area contributed by atoms with Crippen LogP contribution >= 0.6 is 24.8 Å². The van der Waals surface area contributed by atoms with E-state index in [1.165, 1.54) is 5.56 Å². The topological polar surface area (TPSA) is 58.8 Å². The summed E-state index contributed by atoms with van der Waals surface area (Å²) in [5.74, 6) is 1.82. The Morgan fingerprint density at radius 1 is 1.21 bits per heavy atom. The second kappa shape index (κ2) is 12.3. The highest BCUT2D eigenvalue weighted by Crippen LogP contribution is 2.31. The van der Waals surface area contributed by atoms with Crippen molar-refractivity contribution < 1.29 is 9.53 Å². The van der Waals surface area contributed by atoms with Crippen molar-refractivity contribution in [2.45, 2.75) is 31.7 Å². The average Bonchev–Trinajstić information content (AvgIpc) is 2.68. The number of ether oxygens (including phenoxy) is 1. The summed E-state index contributed by atoms with van der Waals surface area (Å²) in [5, 5.41) is 0. The molecule has 1 aromatic rings. The van der Waals surface area contributed by atoms with Crippen LogP contribution < -0.4 is 10.5 Å². The van der Waals surface area contributed by atoms with Gasteiger partial charge in [-0.1, -0.05) is 24.3 Å². The van der Waals surface area contributed by atoms with Crippen molar-refractivity contribution in [3.05, 3.63) is 35.9 Å². The Morgan fingerprint density at radius 3 is 2.64 bits per heavy atom. The third kappa shape index (κ3) is 6.38. The molecule has 3 rings (SSSR count). The van der Waals surface area contributed by atoms with Crippen LogP contribution in [-0.4, -0.2) is 61.6 Å². The van der Waals surface area contributed by atoms with Gasteiger partial charge in [-0.3, -0.25) is 9.69 Å². The maximum atomic E-state index is 12.3. The second-order valence-electron chi connectivity index (χ2n) is 7.32. The SMILES string of the molecule is COc1ccc(/C=C/CN2CC[C@@H]3[C@@H](CCC(=O)N3CCCN)C2)cc1.Cl.Cl. The molecular formula is C21H33Cl2N3O2. The second-order valence-corrected chi connectivity index (χ2v) is 7.32. The van der Waals surface area contributed by atoms with Gasteiger partial charge in [-0.2, -0.15) is 0 Å². The maximum absolute atomic E-state index is 12.3. The number of piperidine rings is 2. The van der Waals surface area contributed by atoms with Gasteiger partial charge in [-0.25, -0.2) is 0 Å². The number of hydrogen-bond donors (Lipinski definition) is 1. The number of hydrogen-bond acceptors (Lipinski definition) is 4. The highest BCUT2D eigenvalue weighted by atomic mass is 35.5. The summed E-state index contributed by atoms with van der Waals surface area (Å²) in [6.45, 7) is 4.59. The first kappa shape index (κ1) is 24.8. The van der Waals surface area contributed by atoms with Crippen molar-refractivity contribution in [3.63, 3.8) is 0 Å². The number of methoxy groups -OCH3 is 1. The summed E-state index contributed by atoms with van der Waals surface area (Å²) < 4.78 is 5.19. The van der Waals surface area contributed by atoms with Crippen molar-refractivity contribution in [2.24, 2.45) is 11.7 Å². The van der Waals surface area contributed by atoms with Crippen LogP contribution in [0.4, 0.5) is 0 Å². The van der Waals surface area contributed by atoms with E-state index in [0.29, 0.717) is 30.8 Å². The minimum atomic E-state index is 0. The molecule has 2 heterocycles. The highest BCUT2D eigenvalue weighted by Gasteiger charge is 2.38. The summed E-state index contributed by atoms with van der Waals surface area (Å²) >= 11 is 0. The highest BCUT2D eigenvalue weighted by molar-refractivity contribution is 5.85. The Hall–Kier alpha value is -1.27. The Bertz CT molecular complexity index is 625. The summed E-state index contributed by atoms with van der Waals surface area (Å²) in [5.41, 5.74) is 6.83. The molecule has 2 aliphatic heterocycles. The van der Waals surface area contributed by atoms with Crippen LogP contribution in [0.15, 0.2) is 30.3 Å². The lowest BCUT2D eigenvalue weighted by Crippen LogP contribution is -2.56. The fourth-order valence-corrected chi connectivity index (χ4v) is 4.20. The van der Waals surface area contributed by atoms with E-state index < -0.39 is 0 Å². The molecule has 158 valence electrons. The zero-order valence-corrected chi connectivity index (χ0v) is 18.2. The maximum Gasteiger partial charge on any atom is 0.222 e. The summed E-state index contributed by atoms with van der Waals surface area (Å²) in [6, 6.07) is 8.54. The van der Waals surface area contributed by atoms with E-state index in [1.54, 1.807) is 7.11 Å². The average molecular weight is 430 g/mol. The molecule has 0 aromatic heterocycles. The quantitative estimate of drug-likeness (QED) is 0.722. The molecule has 2 N–H and O–H groups in total. The Kier molecular flexibility index (Phi) is 10.9. The number of likely N-dealkylation sites (tertiary alicyclic amines) is 2. The number of nitrogens with two attached hydrogens (primary N) is 1. The van der Waals surface area contributed by atoms with Gasteiger partial charge >= 0.3 is 0 Å². The molecule has 0 aliphatic carbocycles. The standard InChI is InChI=1S/C21H31N3O2.2ClH/c1-26-19-8-5-17(6-9-19)4-2-13-23-15-11-20-18(16-23)7-10-21(25)24(20)14-3-12-22;;/h2,4-6,8-9,18,20H,3,7,10-16,22H2,1H3;2*1H/b4-2+;;/t18-,20+;;/m0../s1. The van der Waals surface area contributed by atoms with Crippen LogP contribution in [0.2, 0.25) is 0 Å². The van der Waals surface area contributed by atoms with Gasteiger partial charge in [0, 0.05) is 38.6 Å². The van der Waals surface area contributed by atoms with Crippen molar-refractivity contribution in [3.8, 4) is 5.75 Å². The van der Waals surface area contributed by atoms with Gasteiger partial charge in [0.05, 0.1) is 7.11 Å². The number of rotatable bonds is 7. The van der Waals surface area contributed by atoms with E-state index in [0.717, 1.165) is 51.2 Å². The van der Waals surface area contributed by atoms with Crippen LogP contribution in [0.1, 0.15) is 31.2 Å². The van der Waals surface area contributed by atoms with Crippen LogP contribution in [0.25, 0.3) is 6.08 Å². The van der Waals surface area contributed by atoms with Gasteiger partial charge in [0.1, 0.15) is 5.75 Å². The summed E-state index contributed by atoms with van der Waals surface area (Å²) in [6.07, 6.45) is 8.12. The van der Waals surface area contributed by atoms with Gasteiger partial charge in [-0.15, -0.1) is 24.8 Å². The number of amides is 1. The first-order valence-electron chi connectivity index (χ1n) is 9.73. The fraction of sp³-hybridized carbons (Fsp3) is 0.571. The van der Waals surface area contributed by atoms with E-state index in [-0.39, 0.29) is 24.8 Å². The van der Waals surface area contributed by atoms with Crippen LogP contribution in [0.5, 0.6) is 5.75 Å². The van der Waals surface area contributed by atoms with Gasteiger partial charge in [-0.05, 0) is 49.4 Å². The van der Waals surface area contributed by atoms with E-state index in [9.17, 15) is 4.79 Å². The minimum absolute atomic E-state index is 0. The molecule has 2 saturated heterocycles. The first-order chi connectivity index (χ1) is 12.7. The Balaban J connectivity index is 0.00000196. The molecule has 0 radical (unpaired) electrons. The number of carbonyl (C=O) groups is 1. The molecule has 1 aromatic carbocycles. The van der Waals surface area contributed by atoms with E-state index in [2.05, 4.69) is 34.1 Å². The lowest BCUT2D eigenvalue weighted by Gasteiger charge is -2.47. The van der Waals surface area contributed by atoms with Crippen molar-refractivity contribution in [2.75, 3.05) is 39.8 Å². The zero-order chi connectivity index (χ0) is 18.4. The predicted molar refractivity (Wildman–Crippen MR) is 119 cm³/mol. The number of benzene rings is 1. The van der Waals surface area contributed by atoms with E-state index in [4.69, 9.17) is 10.5 Å². The predicted octanol–water partition coefficient (Wildman–Crippen LogP) is 3.21. The zero-order valence-electron chi connectivity index (χ0n) is 16.6. The molecule has 0 spiro atoms. The van der Waals surface area contributed by atoms with Crippen LogP contribution in [-0.2, 0) is 4.79 Å². The number of nitrogens with zero attached hydrogens (tertiary/aromatic N) is 2. The summed E-state index contributed by atoms with van der Waals surface area (Å²) in [4.78, 5) is 16.9. The lowest BCUT2D eigenvalue weighted by atomic mass is 9.83. The molecule has 2 aliphatic rings. The van der Waals surface area contributed by atoms with Crippen molar-refractivity contribution in [1.82, 2.24) is 9.80 Å². The smallest absolute Gasteiger partial charge is 0.222 e. The number of fused-ring (bicyclic) bond motifs is 1. The monoisotopic (exact) mass is 429 g/mol. The Morgan fingerprint density at radius 2 is 1.96 bits per heavy atom. The molecule has 0 unspecified atom stereocenters. The number of halogens is 2. The Labute approximate surface area is 181 Å². The lowest BCUT2D eigenvalue weighted by molar-refractivity contribution is -0.141. The number of carbonyl (C=O) groups excluding carboxylic acids is 1. The molecule has 2 fully saturated rings.